The molecule has 0 aromatic carbocycles. The van der Waals surface area contributed by atoms with E-state index < -0.39 is 0 Å². The van der Waals surface area contributed by atoms with Crippen molar-refractivity contribution in [1.82, 2.24) is 4.90 Å². The Labute approximate surface area is 115 Å². The predicted molar refractivity (Wildman–Crippen MR) is 78.7 cm³/mol. The lowest BCUT2D eigenvalue weighted by Gasteiger charge is -2.25. The van der Waals surface area contributed by atoms with E-state index in [1.165, 1.54) is 4.88 Å². The molecule has 3 heteroatoms. The number of nitrogens with zero attached hydrogens (tertiary/aromatic N) is 1. The Kier molecular flexibility index (Phi) is 5.87. The highest BCUT2D eigenvalue weighted by Gasteiger charge is 2.13. The van der Waals surface area contributed by atoms with E-state index in [0.717, 1.165) is 18.0 Å². The zero-order valence-electron chi connectivity index (χ0n) is 11.8. The zero-order valence-corrected chi connectivity index (χ0v) is 12.6. The monoisotopic (exact) mass is 265 g/mol. The van der Waals surface area contributed by atoms with Crippen molar-refractivity contribution in [2.24, 2.45) is 5.41 Å². The molecular weight excluding hydrogens is 242 g/mol. The van der Waals surface area contributed by atoms with Crippen LogP contribution in [0.3, 0.4) is 0 Å². The molecule has 0 bridgehead atoms. The van der Waals surface area contributed by atoms with E-state index in [4.69, 9.17) is 5.11 Å². The smallest absolute Gasteiger partial charge is 0.0771 e. The standard InChI is InChI=1S/C15H23NOS/c1-15(2,3)12-16(4)11-14-9-8-13(18-14)7-5-6-10-17/h8-9,17H,6,10-12H2,1-4H3. The van der Waals surface area contributed by atoms with Crippen molar-refractivity contribution >= 4 is 11.3 Å². The minimum absolute atomic E-state index is 0.138. The van der Waals surface area contributed by atoms with E-state index in [9.17, 15) is 0 Å². The molecule has 0 aliphatic heterocycles. The molecule has 0 radical (unpaired) electrons. The van der Waals surface area contributed by atoms with E-state index in [1.807, 2.05) is 0 Å². The molecule has 1 N–H and O–H groups in total. The normalized spacial score (nSPS) is 11.4. The summed E-state index contributed by atoms with van der Waals surface area (Å²) < 4.78 is 0. The van der Waals surface area contributed by atoms with Crippen LogP contribution in [0.25, 0.3) is 0 Å². The molecule has 0 saturated carbocycles. The maximum atomic E-state index is 8.67. The van der Waals surface area contributed by atoms with Crippen LogP contribution in [0.15, 0.2) is 12.1 Å². The first-order valence-electron chi connectivity index (χ1n) is 6.28. The Morgan fingerprint density at radius 1 is 1.33 bits per heavy atom. The highest BCUT2D eigenvalue weighted by molar-refractivity contribution is 7.12. The molecule has 18 heavy (non-hydrogen) atoms. The lowest BCUT2D eigenvalue weighted by molar-refractivity contribution is 0.222. The molecule has 1 rings (SSSR count). The van der Waals surface area contributed by atoms with E-state index in [-0.39, 0.29) is 6.61 Å². The van der Waals surface area contributed by atoms with Crippen molar-refractivity contribution in [3.63, 3.8) is 0 Å². The van der Waals surface area contributed by atoms with Crippen LogP contribution in [0.2, 0.25) is 0 Å². The van der Waals surface area contributed by atoms with Gasteiger partial charge in [-0.05, 0) is 24.6 Å². The molecule has 1 aromatic heterocycles. The van der Waals surface area contributed by atoms with Gasteiger partial charge in [0.2, 0.25) is 0 Å². The fourth-order valence-corrected chi connectivity index (χ4v) is 2.83. The second-order valence-electron chi connectivity index (χ2n) is 5.77. The highest BCUT2D eigenvalue weighted by Crippen LogP contribution is 2.20. The average Bonchev–Trinajstić information content (AvgIpc) is 2.63. The van der Waals surface area contributed by atoms with E-state index in [2.05, 4.69) is 56.7 Å². The maximum Gasteiger partial charge on any atom is 0.0771 e. The molecule has 2 nitrogen and oxygen atoms in total. The van der Waals surface area contributed by atoms with Crippen molar-refractivity contribution in [3.8, 4) is 11.8 Å². The van der Waals surface area contributed by atoms with Gasteiger partial charge in [0.15, 0.2) is 0 Å². The second kappa shape index (κ2) is 6.94. The van der Waals surface area contributed by atoms with Crippen LogP contribution in [0, 0.1) is 17.3 Å². The molecule has 0 amide bonds. The van der Waals surface area contributed by atoms with E-state index in [1.54, 1.807) is 11.3 Å². The summed E-state index contributed by atoms with van der Waals surface area (Å²) in [4.78, 5) is 4.77. The number of hydrogen-bond acceptors (Lipinski definition) is 3. The molecule has 100 valence electrons. The summed E-state index contributed by atoms with van der Waals surface area (Å²) in [6, 6.07) is 4.21. The average molecular weight is 265 g/mol. The SMILES string of the molecule is CN(Cc1ccc(C#CCCO)s1)CC(C)(C)C. The zero-order chi connectivity index (χ0) is 13.6. The van der Waals surface area contributed by atoms with Crippen molar-refractivity contribution in [2.45, 2.75) is 33.7 Å². The summed E-state index contributed by atoms with van der Waals surface area (Å²) in [6.45, 7) is 8.96. The topological polar surface area (TPSA) is 23.5 Å². The van der Waals surface area contributed by atoms with Crippen LogP contribution in [-0.4, -0.2) is 30.2 Å². The minimum atomic E-state index is 0.138. The van der Waals surface area contributed by atoms with Gasteiger partial charge in [0.25, 0.3) is 0 Å². The van der Waals surface area contributed by atoms with Crippen molar-refractivity contribution in [2.75, 3.05) is 20.2 Å². The second-order valence-corrected chi connectivity index (χ2v) is 6.94. The lowest BCUT2D eigenvalue weighted by Crippen LogP contribution is -2.28. The van der Waals surface area contributed by atoms with Gasteiger partial charge in [-0.2, -0.15) is 0 Å². The quantitative estimate of drug-likeness (QED) is 0.846. The Morgan fingerprint density at radius 2 is 2.06 bits per heavy atom. The molecule has 0 aliphatic carbocycles. The Hall–Kier alpha value is -0.820. The van der Waals surface area contributed by atoms with Crippen molar-refractivity contribution in [1.29, 1.82) is 0 Å². The molecule has 0 spiro atoms. The molecule has 0 unspecified atom stereocenters. The minimum Gasteiger partial charge on any atom is -0.395 e. The summed E-state index contributed by atoms with van der Waals surface area (Å²) in [6.07, 6.45) is 0.553. The molecule has 1 heterocycles. The van der Waals surface area contributed by atoms with Gasteiger partial charge >= 0.3 is 0 Å². The molecule has 0 atom stereocenters. The van der Waals surface area contributed by atoms with Crippen molar-refractivity contribution < 1.29 is 5.11 Å². The first-order chi connectivity index (χ1) is 8.40. The van der Waals surface area contributed by atoms with Crippen LogP contribution in [-0.2, 0) is 6.54 Å². The number of hydrogen-bond donors (Lipinski definition) is 1. The fourth-order valence-electron chi connectivity index (χ4n) is 1.87. The number of thiophene rings is 1. The Morgan fingerprint density at radius 3 is 2.67 bits per heavy atom. The van der Waals surface area contributed by atoms with Gasteiger partial charge in [-0.25, -0.2) is 0 Å². The van der Waals surface area contributed by atoms with Crippen LogP contribution in [0.5, 0.6) is 0 Å². The summed E-state index contributed by atoms with van der Waals surface area (Å²) in [7, 11) is 2.15. The van der Waals surface area contributed by atoms with Crippen LogP contribution >= 0.6 is 11.3 Å². The Balaban J connectivity index is 2.52. The third kappa shape index (κ3) is 6.20. The lowest BCUT2D eigenvalue weighted by atomic mass is 9.96. The van der Waals surface area contributed by atoms with Crippen LogP contribution in [0.1, 0.15) is 36.9 Å². The number of rotatable bonds is 4. The maximum absolute atomic E-state index is 8.67. The number of aliphatic hydroxyl groups excluding tert-OH is 1. The van der Waals surface area contributed by atoms with Gasteiger partial charge in [-0.1, -0.05) is 32.6 Å². The van der Waals surface area contributed by atoms with E-state index >= 15 is 0 Å². The summed E-state index contributed by atoms with van der Waals surface area (Å²) in [5.74, 6) is 6.03. The largest absolute Gasteiger partial charge is 0.395 e. The van der Waals surface area contributed by atoms with Gasteiger partial charge in [0, 0.05) is 24.4 Å². The van der Waals surface area contributed by atoms with Gasteiger partial charge in [-0.15, -0.1) is 11.3 Å². The van der Waals surface area contributed by atoms with Gasteiger partial charge in [-0.3, -0.25) is 0 Å². The Bertz CT molecular complexity index is 420. The molecule has 1 aromatic rings. The van der Waals surface area contributed by atoms with Gasteiger partial charge in [0.1, 0.15) is 0 Å². The molecular formula is C15H23NOS. The number of aliphatic hydroxyl groups is 1. The predicted octanol–water partition coefficient (Wildman–Crippen LogP) is 2.96. The fraction of sp³-hybridized carbons (Fsp3) is 0.600. The van der Waals surface area contributed by atoms with E-state index in [0.29, 0.717) is 11.8 Å². The van der Waals surface area contributed by atoms with Crippen LogP contribution < -0.4 is 0 Å². The van der Waals surface area contributed by atoms with Gasteiger partial charge < -0.3 is 10.0 Å². The summed E-state index contributed by atoms with van der Waals surface area (Å²) >= 11 is 1.74. The third-order valence-corrected chi connectivity index (χ3v) is 3.27. The van der Waals surface area contributed by atoms with Gasteiger partial charge in [0.05, 0.1) is 11.5 Å². The first-order valence-corrected chi connectivity index (χ1v) is 7.09. The third-order valence-electron chi connectivity index (χ3n) is 2.28. The first kappa shape index (κ1) is 15.2. The molecule has 0 aliphatic rings. The summed E-state index contributed by atoms with van der Waals surface area (Å²) in [5, 5.41) is 8.67. The van der Waals surface area contributed by atoms with Crippen molar-refractivity contribution in [3.05, 3.63) is 21.9 Å². The molecule has 0 saturated heterocycles. The highest BCUT2D eigenvalue weighted by atomic mass is 32.1. The molecule has 0 fully saturated rings. The summed E-state index contributed by atoms with van der Waals surface area (Å²) in [5.41, 5.74) is 0.329. The van der Waals surface area contributed by atoms with Crippen LogP contribution in [0.4, 0.5) is 0 Å².